The van der Waals surface area contributed by atoms with Gasteiger partial charge in [-0.05, 0) is 27.2 Å². The van der Waals surface area contributed by atoms with Gasteiger partial charge in [0.1, 0.15) is 0 Å². The third-order valence-corrected chi connectivity index (χ3v) is 3.60. The number of nitrogens with zero attached hydrogens (tertiary/aromatic N) is 2. The van der Waals surface area contributed by atoms with Crippen LogP contribution in [0.1, 0.15) is 27.2 Å². The molecule has 16 heavy (non-hydrogen) atoms. The number of piperazine rings is 1. The van der Waals surface area contributed by atoms with Gasteiger partial charge >= 0.3 is 6.18 Å². The summed E-state index contributed by atoms with van der Waals surface area (Å²) in [6.07, 6.45) is -3.16. The van der Waals surface area contributed by atoms with Crippen molar-refractivity contribution in [3.8, 4) is 0 Å². The first kappa shape index (κ1) is 12.2. The van der Waals surface area contributed by atoms with Crippen molar-refractivity contribution in [2.45, 2.75) is 51.0 Å². The zero-order valence-electron chi connectivity index (χ0n) is 10.0. The summed E-state index contributed by atoms with van der Waals surface area (Å²) in [5.41, 5.74) is 0.0732. The number of halogens is 3. The van der Waals surface area contributed by atoms with Crippen LogP contribution in [0.15, 0.2) is 0 Å². The summed E-state index contributed by atoms with van der Waals surface area (Å²) in [5, 5.41) is 0. The van der Waals surface area contributed by atoms with E-state index in [1.165, 1.54) is 0 Å². The van der Waals surface area contributed by atoms with Crippen LogP contribution in [0.4, 0.5) is 13.2 Å². The van der Waals surface area contributed by atoms with E-state index in [9.17, 15) is 13.2 Å². The highest BCUT2D eigenvalue weighted by molar-refractivity contribution is 5.03. The Hall–Kier alpha value is -0.290. The number of likely N-dealkylation sites (tertiary alicyclic amines) is 2. The standard InChI is InChI=1S/C11H19F3N2/c1-10(2,3)16-6-8-4-9(16)5-15(8)7-11(12,13)14/h8-9H,4-7H2,1-3H3/t8?,9-/m0/s1. The maximum absolute atomic E-state index is 12.3. The van der Waals surface area contributed by atoms with Crippen LogP contribution in [0, 0.1) is 0 Å². The van der Waals surface area contributed by atoms with Crippen molar-refractivity contribution in [2.75, 3.05) is 19.6 Å². The molecule has 0 amide bonds. The molecule has 1 unspecified atom stereocenters. The normalized spacial score (nSPS) is 32.6. The molecule has 0 aromatic carbocycles. The van der Waals surface area contributed by atoms with E-state index in [2.05, 4.69) is 25.7 Å². The van der Waals surface area contributed by atoms with Gasteiger partial charge in [0.2, 0.25) is 0 Å². The van der Waals surface area contributed by atoms with E-state index >= 15 is 0 Å². The summed E-state index contributed by atoms with van der Waals surface area (Å²) in [7, 11) is 0. The number of hydrogen-bond acceptors (Lipinski definition) is 2. The molecule has 2 rings (SSSR count). The molecule has 2 saturated heterocycles. The highest BCUT2D eigenvalue weighted by Gasteiger charge is 2.49. The lowest BCUT2D eigenvalue weighted by Crippen LogP contribution is -2.54. The minimum absolute atomic E-state index is 0.0732. The lowest BCUT2D eigenvalue weighted by molar-refractivity contribution is -0.151. The second-order valence-corrected chi connectivity index (χ2v) is 5.91. The highest BCUT2D eigenvalue weighted by atomic mass is 19.4. The Bertz CT molecular complexity index is 269. The number of hydrogen-bond donors (Lipinski definition) is 0. The summed E-state index contributed by atoms with van der Waals surface area (Å²) >= 11 is 0. The fourth-order valence-electron chi connectivity index (χ4n) is 2.99. The molecule has 0 aromatic rings. The van der Waals surface area contributed by atoms with Crippen LogP contribution < -0.4 is 0 Å². The van der Waals surface area contributed by atoms with Crippen LogP contribution >= 0.6 is 0 Å². The molecule has 2 aliphatic rings. The Morgan fingerprint density at radius 2 is 1.69 bits per heavy atom. The molecular formula is C11H19F3N2. The van der Waals surface area contributed by atoms with Gasteiger partial charge in [-0.1, -0.05) is 0 Å². The molecule has 94 valence electrons. The minimum Gasteiger partial charge on any atom is -0.293 e. The molecular weight excluding hydrogens is 217 g/mol. The number of fused-ring (bicyclic) bond motifs is 2. The molecule has 2 heterocycles. The topological polar surface area (TPSA) is 6.48 Å². The first-order valence-corrected chi connectivity index (χ1v) is 5.74. The van der Waals surface area contributed by atoms with Gasteiger partial charge < -0.3 is 0 Å². The molecule has 0 aromatic heterocycles. The van der Waals surface area contributed by atoms with Crippen molar-refractivity contribution >= 4 is 0 Å². The quantitative estimate of drug-likeness (QED) is 0.688. The minimum atomic E-state index is -4.06. The smallest absolute Gasteiger partial charge is 0.293 e. The van der Waals surface area contributed by atoms with Gasteiger partial charge in [0.15, 0.2) is 0 Å². The summed E-state index contributed by atoms with van der Waals surface area (Å²) in [5.74, 6) is 0. The maximum Gasteiger partial charge on any atom is 0.401 e. The Kier molecular flexibility index (Phi) is 2.74. The summed E-state index contributed by atoms with van der Waals surface area (Å²) in [4.78, 5) is 3.93. The fraction of sp³-hybridized carbons (Fsp3) is 1.00. The molecule has 0 spiro atoms. The van der Waals surface area contributed by atoms with Crippen LogP contribution in [0.25, 0.3) is 0 Å². The molecule has 2 aliphatic heterocycles. The largest absolute Gasteiger partial charge is 0.401 e. The van der Waals surface area contributed by atoms with E-state index in [1.807, 2.05) is 0 Å². The average molecular weight is 236 g/mol. The summed E-state index contributed by atoms with van der Waals surface area (Å²) < 4.78 is 36.9. The fourth-order valence-corrected chi connectivity index (χ4v) is 2.99. The third-order valence-electron chi connectivity index (χ3n) is 3.60. The molecule has 0 saturated carbocycles. The third kappa shape index (κ3) is 2.35. The molecule has 0 N–H and O–H groups in total. The van der Waals surface area contributed by atoms with Crippen molar-refractivity contribution in [1.82, 2.24) is 9.80 Å². The van der Waals surface area contributed by atoms with E-state index in [4.69, 9.17) is 0 Å². The Balaban J connectivity index is 1.96. The molecule has 2 bridgehead atoms. The Morgan fingerprint density at radius 1 is 1.06 bits per heavy atom. The van der Waals surface area contributed by atoms with E-state index in [1.54, 1.807) is 4.90 Å². The average Bonchev–Trinajstić information content (AvgIpc) is 2.56. The van der Waals surface area contributed by atoms with Crippen molar-refractivity contribution in [3.63, 3.8) is 0 Å². The molecule has 2 atom stereocenters. The lowest BCUT2D eigenvalue weighted by Gasteiger charge is -2.42. The molecule has 5 heteroatoms. The molecule has 0 aliphatic carbocycles. The number of rotatable bonds is 1. The molecule has 0 radical (unpaired) electrons. The van der Waals surface area contributed by atoms with Crippen molar-refractivity contribution < 1.29 is 13.2 Å². The monoisotopic (exact) mass is 236 g/mol. The van der Waals surface area contributed by atoms with E-state index in [-0.39, 0.29) is 11.6 Å². The Labute approximate surface area is 94.4 Å². The van der Waals surface area contributed by atoms with Gasteiger partial charge in [-0.2, -0.15) is 13.2 Å². The van der Waals surface area contributed by atoms with Crippen LogP contribution in [0.3, 0.4) is 0 Å². The second-order valence-electron chi connectivity index (χ2n) is 5.91. The highest BCUT2D eigenvalue weighted by Crippen LogP contribution is 2.36. The van der Waals surface area contributed by atoms with Gasteiger partial charge in [-0.25, -0.2) is 0 Å². The molecule has 2 nitrogen and oxygen atoms in total. The van der Waals surface area contributed by atoms with E-state index in [0.29, 0.717) is 12.6 Å². The van der Waals surface area contributed by atoms with Gasteiger partial charge in [0.05, 0.1) is 6.54 Å². The number of alkyl halides is 3. The lowest BCUT2D eigenvalue weighted by atomic mass is 10.0. The maximum atomic E-state index is 12.3. The zero-order valence-corrected chi connectivity index (χ0v) is 10.0. The van der Waals surface area contributed by atoms with Crippen LogP contribution in [-0.2, 0) is 0 Å². The Morgan fingerprint density at radius 3 is 2.06 bits per heavy atom. The van der Waals surface area contributed by atoms with Gasteiger partial charge in [0.25, 0.3) is 0 Å². The van der Waals surface area contributed by atoms with Gasteiger partial charge in [0, 0.05) is 30.7 Å². The van der Waals surface area contributed by atoms with Crippen molar-refractivity contribution in [2.24, 2.45) is 0 Å². The van der Waals surface area contributed by atoms with Crippen LogP contribution in [-0.4, -0.2) is 53.2 Å². The summed E-state index contributed by atoms with van der Waals surface area (Å²) in [6.45, 7) is 6.99. The molecule has 2 fully saturated rings. The predicted octanol–water partition coefficient (Wildman–Crippen LogP) is 2.11. The SMILES string of the molecule is CC(C)(C)N1CC2C[C@H]1CN2CC(F)(F)F. The summed E-state index contributed by atoms with van der Waals surface area (Å²) in [6, 6.07) is 0.415. The van der Waals surface area contributed by atoms with E-state index < -0.39 is 12.7 Å². The predicted molar refractivity (Wildman–Crippen MR) is 56.3 cm³/mol. The zero-order chi connectivity index (χ0) is 12.1. The van der Waals surface area contributed by atoms with Crippen molar-refractivity contribution in [3.05, 3.63) is 0 Å². The second kappa shape index (κ2) is 3.60. The van der Waals surface area contributed by atoms with Gasteiger partial charge in [-0.3, -0.25) is 9.80 Å². The van der Waals surface area contributed by atoms with Crippen LogP contribution in [0.5, 0.6) is 0 Å². The van der Waals surface area contributed by atoms with Crippen molar-refractivity contribution in [1.29, 1.82) is 0 Å². The first-order chi connectivity index (χ1) is 7.17. The van der Waals surface area contributed by atoms with Crippen LogP contribution in [0.2, 0.25) is 0 Å². The first-order valence-electron chi connectivity index (χ1n) is 5.74. The van der Waals surface area contributed by atoms with Gasteiger partial charge in [-0.15, -0.1) is 0 Å². The van der Waals surface area contributed by atoms with E-state index in [0.717, 1.165) is 13.0 Å².